The number of carbonyl (C=O) groups excluding carboxylic acids is 1. The number of hydrogen-bond donors (Lipinski definition) is 1. The van der Waals surface area contributed by atoms with E-state index in [9.17, 15) is 4.79 Å². The van der Waals surface area contributed by atoms with Gasteiger partial charge in [0.25, 0.3) is 0 Å². The molecule has 1 aliphatic rings. The zero-order chi connectivity index (χ0) is 17.8. The zero-order valence-corrected chi connectivity index (χ0v) is 15.3. The third-order valence-electron chi connectivity index (χ3n) is 5.27. The molecular weight excluding hydrogens is 314 g/mol. The van der Waals surface area contributed by atoms with Crippen molar-refractivity contribution in [2.75, 3.05) is 13.1 Å². The number of urea groups is 1. The van der Waals surface area contributed by atoms with E-state index in [4.69, 9.17) is 0 Å². The number of rotatable bonds is 4. The van der Waals surface area contributed by atoms with Crippen molar-refractivity contribution in [2.45, 2.75) is 46.2 Å². The second-order valence-electron chi connectivity index (χ2n) is 7.01. The number of carbonyl (C=O) groups is 1. The van der Waals surface area contributed by atoms with Gasteiger partial charge in [-0.05, 0) is 56.2 Å². The third kappa shape index (κ3) is 4.18. The first kappa shape index (κ1) is 17.5. The quantitative estimate of drug-likeness (QED) is 0.929. The average molecular weight is 341 g/mol. The van der Waals surface area contributed by atoms with Crippen molar-refractivity contribution in [3.05, 3.63) is 47.5 Å². The number of nitrogens with zero attached hydrogens (tertiary/aromatic N) is 4. The maximum atomic E-state index is 12.6. The molecule has 0 spiro atoms. The number of piperidine rings is 1. The molecule has 6 nitrogen and oxygen atoms in total. The van der Waals surface area contributed by atoms with Crippen LogP contribution in [0.2, 0.25) is 0 Å². The molecule has 1 atom stereocenters. The molecule has 0 unspecified atom stereocenters. The first-order chi connectivity index (χ1) is 12.0. The SMILES string of the molecule is Cc1cccc([C@@H](C)NC(=O)N2CCC(Cn3cncn3)CC2)c1C. The van der Waals surface area contributed by atoms with E-state index in [2.05, 4.69) is 54.4 Å². The van der Waals surface area contributed by atoms with Crippen LogP contribution in [0.3, 0.4) is 0 Å². The van der Waals surface area contributed by atoms with Crippen molar-refractivity contribution >= 4 is 6.03 Å². The number of aryl methyl sites for hydroxylation is 1. The fourth-order valence-electron chi connectivity index (χ4n) is 3.51. The summed E-state index contributed by atoms with van der Waals surface area (Å²) < 4.78 is 1.88. The standard InChI is InChI=1S/C19H27N5O/c1-14-5-4-6-18(15(14)2)16(3)22-19(25)23-9-7-17(8-10-23)11-24-13-20-12-21-24/h4-6,12-13,16-17H,7-11H2,1-3H3,(H,22,25)/t16-/m1/s1. The highest BCUT2D eigenvalue weighted by Crippen LogP contribution is 2.22. The lowest BCUT2D eigenvalue weighted by molar-refractivity contribution is 0.161. The van der Waals surface area contributed by atoms with E-state index >= 15 is 0 Å². The normalized spacial score (nSPS) is 16.7. The monoisotopic (exact) mass is 341 g/mol. The molecule has 1 aliphatic heterocycles. The van der Waals surface area contributed by atoms with Crippen molar-refractivity contribution in [1.29, 1.82) is 0 Å². The summed E-state index contributed by atoms with van der Waals surface area (Å²) in [6.07, 6.45) is 5.33. The topological polar surface area (TPSA) is 63.1 Å². The van der Waals surface area contributed by atoms with Crippen molar-refractivity contribution in [3.8, 4) is 0 Å². The molecule has 0 aliphatic carbocycles. The highest BCUT2D eigenvalue weighted by Gasteiger charge is 2.24. The molecule has 25 heavy (non-hydrogen) atoms. The van der Waals surface area contributed by atoms with Crippen molar-refractivity contribution in [2.24, 2.45) is 5.92 Å². The summed E-state index contributed by atoms with van der Waals surface area (Å²) in [5, 5.41) is 7.32. The van der Waals surface area contributed by atoms with Gasteiger partial charge in [-0.25, -0.2) is 9.78 Å². The van der Waals surface area contributed by atoms with Crippen molar-refractivity contribution in [3.63, 3.8) is 0 Å². The van der Waals surface area contributed by atoms with Gasteiger partial charge in [-0.2, -0.15) is 5.10 Å². The van der Waals surface area contributed by atoms with E-state index in [-0.39, 0.29) is 12.1 Å². The van der Waals surface area contributed by atoms with Gasteiger partial charge in [-0.1, -0.05) is 18.2 Å². The Labute approximate surface area is 149 Å². The van der Waals surface area contributed by atoms with E-state index in [1.807, 2.05) is 9.58 Å². The molecule has 2 heterocycles. The number of benzene rings is 1. The molecule has 2 aromatic rings. The fraction of sp³-hybridized carbons (Fsp3) is 0.526. The van der Waals surface area contributed by atoms with Gasteiger partial charge < -0.3 is 10.2 Å². The number of nitrogens with one attached hydrogen (secondary N) is 1. The molecule has 1 fully saturated rings. The van der Waals surface area contributed by atoms with Gasteiger partial charge in [-0.15, -0.1) is 0 Å². The van der Waals surface area contributed by atoms with Crippen LogP contribution in [0.5, 0.6) is 0 Å². The fourth-order valence-corrected chi connectivity index (χ4v) is 3.51. The Morgan fingerprint density at radius 1 is 1.32 bits per heavy atom. The Morgan fingerprint density at radius 3 is 2.76 bits per heavy atom. The summed E-state index contributed by atoms with van der Waals surface area (Å²) in [6, 6.07) is 6.30. The average Bonchev–Trinajstić information content (AvgIpc) is 3.11. The first-order valence-corrected chi connectivity index (χ1v) is 8.98. The Balaban J connectivity index is 1.51. The zero-order valence-electron chi connectivity index (χ0n) is 15.3. The number of hydrogen-bond acceptors (Lipinski definition) is 3. The maximum Gasteiger partial charge on any atom is 0.317 e. The minimum Gasteiger partial charge on any atom is -0.331 e. The van der Waals surface area contributed by atoms with Crippen LogP contribution in [0.1, 0.15) is 42.5 Å². The van der Waals surface area contributed by atoms with E-state index < -0.39 is 0 Å². The highest BCUT2D eigenvalue weighted by molar-refractivity contribution is 5.74. The first-order valence-electron chi connectivity index (χ1n) is 8.98. The Hall–Kier alpha value is -2.37. The minimum absolute atomic E-state index is 0.0141. The molecule has 1 aromatic heterocycles. The van der Waals surface area contributed by atoms with Crippen LogP contribution >= 0.6 is 0 Å². The van der Waals surface area contributed by atoms with Crippen LogP contribution in [-0.4, -0.2) is 38.8 Å². The Morgan fingerprint density at radius 2 is 2.08 bits per heavy atom. The van der Waals surface area contributed by atoms with Crippen LogP contribution in [0, 0.1) is 19.8 Å². The van der Waals surface area contributed by atoms with Crippen LogP contribution in [0.4, 0.5) is 4.79 Å². The maximum absolute atomic E-state index is 12.6. The van der Waals surface area contributed by atoms with Crippen LogP contribution in [-0.2, 0) is 6.54 Å². The molecule has 0 bridgehead atoms. The largest absolute Gasteiger partial charge is 0.331 e. The lowest BCUT2D eigenvalue weighted by Crippen LogP contribution is -2.45. The lowest BCUT2D eigenvalue weighted by Gasteiger charge is -2.33. The second-order valence-corrected chi connectivity index (χ2v) is 7.01. The minimum atomic E-state index is 0.0141. The summed E-state index contributed by atoms with van der Waals surface area (Å²) in [4.78, 5) is 18.5. The Kier molecular flexibility index (Phi) is 5.36. The highest BCUT2D eigenvalue weighted by atomic mass is 16.2. The smallest absolute Gasteiger partial charge is 0.317 e. The molecule has 2 amide bonds. The molecule has 1 saturated heterocycles. The van der Waals surface area contributed by atoms with Gasteiger partial charge in [0.1, 0.15) is 12.7 Å². The van der Waals surface area contributed by atoms with Gasteiger partial charge in [0.2, 0.25) is 0 Å². The number of amides is 2. The van der Waals surface area contributed by atoms with Crippen LogP contribution < -0.4 is 5.32 Å². The number of aromatic nitrogens is 3. The van der Waals surface area contributed by atoms with Crippen LogP contribution in [0.15, 0.2) is 30.9 Å². The van der Waals surface area contributed by atoms with E-state index in [1.165, 1.54) is 16.7 Å². The molecule has 0 radical (unpaired) electrons. The molecule has 0 saturated carbocycles. The predicted molar refractivity (Wildman–Crippen MR) is 97.2 cm³/mol. The molecular formula is C19H27N5O. The second kappa shape index (κ2) is 7.68. The lowest BCUT2D eigenvalue weighted by atomic mass is 9.97. The third-order valence-corrected chi connectivity index (χ3v) is 5.27. The predicted octanol–water partition coefficient (Wildman–Crippen LogP) is 3.08. The summed E-state index contributed by atoms with van der Waals surface area (Å²) in [7, 11) is 0. The van der Waals surface area contributed by atoms with Crippen molar-refractivity contribution < 1.29 is 4.79 Å². The molecule has 6 heteroatoms. The van der Waals surface area contributed by atoms with Crippen LogP contribution in [0.25, 0.3) is 0 Å². The van der Waals surface area contributed by atoms with Gasteiger partial charge >= 0.3 is 6.03 Å². The molecule has 1 aromatic carbocycles. The van der Waals surface area contributed by atoms with E-state index in [0.717, 1.165) is 32.5 Å². The van der Waals surface area contributed by atoms with Gasteiger partial charge in [0.05, 0.1) is 6.04 Å². The molecule has 1 N–H and O–H groups in total. The summed E-state index contributed by atoms with van der Waals surface area (Å²) in [5.74, 6) is 0.558. The summed E-state index contributed by atoms with van der Waals surface area (Å²) >= 11 is 0. The van der Waals surface area contributed by atoms with Gasteiger partial charge in [0, 0.05) is 19.6 Å². The molecule has 134 valence electrons. The van der Waals surface area contributed by atoms with Crippen molar-refractivity contribution in [1.82, 2.24) is 25.0 Å². The summed E-state index contributed by atoms with van der Waals surface area (Å²) in [6.45, 7) is 8.75. The Bertz CT molecular complexity index is 705. The van der Waals surface area contributed by atoms with Gasteiger partial charge in [0.15, 0.2) is 0 Å². The number of likely N-dealkylation sites (tertiary alicyclic amines) is 1. The van der Waals surface area contributed by atoms with Gasteiger partial charge in [-0.3, -0.25) is 4.68 Å². The summed E-state index contributed by atoms with van der Waals surface area (Å²) in [5.41, 5.74) is 3.70. The van der Waals surface area contributed by atoms with E-state index in [0.29, 0.717) is 5.92 Å². The molecule has 3 rings (SSSR count). The van der Waals surface area contributed by atoms with E-state index in [1.54, 1.807) is 12.7 Å².